The molecule has 2 atom stereocenters. The first kappa shape index (κ1) is 37.5. The number of nitrogens with zero attached hydrogens (tertiary/aromatic N) is 3. The highest BCUT2D eigenvalue weighted by Crippen LogP contribution is 2.53. The molecule has 0 bridgehead atoms. The number of hydrogen-bond acceptors (Lipinski definition) is 9. The third-order valence-corrected chi connectivity index (χ3v) is 10.1. The predicted octanol–water partition coefficient (Wildman–Crippen LogP) is 9.23. The Bertz CT molecular complexity index is 1670. The van der Waals surface area contributed by atoms with E-state index in [0.29, 0.717) is 28.2 Å². The van der Waals surface area contributed by atoms with Gasteiger partial charge in [-0.2, -0.15) is 5.26 Å². The van der Waals surface area contributed by atoms with E-state index in [1.807, 2.05) is 73.7 Å². The fourth-order valence-electron chi connectivity index (χ4n) is 6.03. The molecule has 0 spiro atoms. The predicted molar refractivity (Wildman–Crippen MR) is 191 cm³/mol. The zero-order chi connectivity index (χ0) is 35.6. The van der Waals surface area contributed by atoms with Crippen molar-refractivity contribution >= 4 is 14.2 Å². The topological polar surface area (TPSA) is 116 Å². The Balaban J connectivity index is 1.97. The average Bonchev–Trinajstić information content (AvgIpc) is 3.10. The molecule has 49 heavy (non-hydrogen) atoms. The van der Waals surface area contributed by atoms with Gasteiger partial charge in [0.25, 0.3) is 14.2 Å². The second-order valence-electron chi connectivity index (χ2n) is 11.8. The van der Waals surface area contributed by atoms with Crippen molar-refractivity contribution in [3.8, 4) is 28.7 Å². The monoisotopic (exact) mass is 685 g/mol. The van der Waals surface area contributed by atoms with Crippen LogP contribution in [-0.2, 0) is 19.4 Å². The fraction of sp³-hybridized carbons (Fsp3) is 0.342. The average molecular weight is 686 g/mol. The molecule has 0 aliphatic heterocycles. The normalized spacial score (nSPS) is 12.9. The van der Waals surface area contributed by atoms with Crippen molar-refractivity contribution in [3.05, 3.63) is 124 Å². The Hall–Kier alpha value is -4.36. The van der Waals surface area contributed by atoms with Gasteiger partial charge in [-0.25, -0.2) is 4.67 Å². The summed E-state index contributed by atoms with van der Waals surface area (Å²) in [6, 6.07) is 32.0. The number of para-hydroxylation sites is 1. The van der Waals surface area contributed by atoms with E-state index in [2.05, 4.69) is 38.4 Å². The maximum atomic E-state index is 12.0. The van der Waals surface area contributed by atoms with Gasteiger partial charge in [0, 0.05) is 29.3 Å². The Morgan fingerprint density at radius 3 is 1.86 bits per heavy atom. The molecule has 0 heterocycles. The van der Waals surface area contributed by atoms with Gasteiger partial charge in [0.15, 0.2) is 23.4 Å². The van der Waals surface area contributed by atoms with Crippen molar-refractivity contribution in [3.63, 3.8) is 0 Å². The lowest BCUT2D eigenvalue weighted by molar-refractivity contribution is -0.384. The largest absolute Gasteiger partial charge is 0.492 e. The van der Waals surface area contributed by atoms with E-state index in [1.54, 1.807) is 24.3 Å². The van der Waals surface area contributed by atoms with Crippen molar-refractivity contribution in [1.29, 1.82) is 5.26 Å². The minimum atomic E-state index is -1.64. The SMILES string of the molecule is COc1c(-c2ccccc2[N+](=O)[O-])ccc(C(OC(C)OP(OCCC#N)N(C(C)C)C(C)C)(c2ccccc2)c2ccccc2)c1OC. The molecule has 0 N–H and O–H groups in total. The van der Waals surface area contributed by atoms with Gasteiger partial charge in [-0.1, -0.05) is 78.9 Å². The molecular formula is C38H44N3O7P. The zero-order valence-corrected chi connectivity index (χ0v) is 29.9. The lowest BCUT2D eigenvalue weighted by Crippen LogP contribution is -2.39. The van der Waals surface area contributed by atoms with Gasteiger partial charge < -0.3 is 18.7 Å². The number of methoxy groups -OCH3 is 2. The maximum Gasteiger partial charge on any atom is 0.277 e. The van der Waals surface area contributed by atoms with E-state index in [0.717, 1.165) is 11.1 Å². The van der Waals surface area contributed by atoms with Crippen LogP contribution in [0.25, 0.3) is 11.1 Å². The van der Waals surface area contributed by atoms with Crippen molar-refractivity contribution in [2.24, 2.45) is 0 Å². The van der Waals surface area contributed by atoms with Crippen LogP contribution in [0.4, 0.5) is 5.69 Å². The van der Waals surface area contributed by atoms with Gasteiger partial charge in [0.2, 0.25) is 0 Å². The quantitative estimate of drug-likeness (QED) is 0.0268. The van der Waals surface area contributed by atoms with Gasteiger partial charge in [-0.15, -0.1) is 0 Å². The van der Waals surface area contributed by atoms with Gasteiger partial charge in [0.1, 0.15) is 0 Å². The molecule has 4 aromatic carbocycles. The lowest BCUT2D eigenvalue weighted by atomic mass is 9.78. The number of nitro groups is 1. The molecule has 0 amide bonds. The maximum absolute atomic E-state index is 12.0. The Labute approximate surface area is 290 Å². The van der Waals surface area contributed by atoms with Crippen LogP contribution >= 0.6 is 8.53 Å². The minimum absolute atomic E-state index is 0.0594. The second kappa shape index (κ2) is 17.3. The van der Waals surface area contributed by atoms with E-state index in [9.17, 15) is 15.4 Å². The van der Waals surface area contributed by atoms with E-state index >= 15 is 0 Å². The number of nitriles is 1. The Kier molecular flexibility index (Phi) is 13.3. The number of hydrogen-bond donors (Lipinski definition) is 0. The molecule has 0 radical (unpaired) electrons. The molecule has 2 unspecified atom stereocenters. The van der Waals surface area contributed by atoms with Gasteiger partial charge >= 0.3 is 0 Å². The van der Waals surface area contributed by atoms with Crippen molar-refractivity contribution in [2.45, 2.75) is 65.0 Å². The molecule has 0 saturated carbocycles. The highest BCUT2D eigenvalue weighted by Gasteiger charge is 2.44. The molecule has 4 aromatic rings. The summed E-state index contributed by atoms with van der Waals surface area (Å²) < 4.78 is 34.3. The van der Waals surface area contributed by atoms with Crippen molar-refractivity contribution in [2.75, 3.05) is 20.8 Å². The second-order valence-corrected chi connectivity index (χ2v) is 13.2. The fourth-order valence-corrected chi connectivity index (χ4v) is 7.63. The lowest BCUT2D eigenvalue weighted by Gasteiger charge is -2.41. The van der Waals surface area contributed by atoms with E-state index in [-0.39, 0.29) is 30.8 Å². The summed E-state index contributed by atoms with van der Waals surface area (Å²) in [5.41, 5.74) is 1.67. The number of nitro benzene ring substituents is 1. The Morgan fingerprint density at radius 1 is 0.796 bits per heavy atom. The van der Waals surface area contributed by atoms with Crippen LogP contribution < -0.4 is 9.47 Å². The summed E-state index contributed by atoms with van der Waals surface area (Å²) in [5, 5.41) is 21.3. The molecule has 11 heteroatoms. The number of ether oxygens (including phenoxy) is 3. The highest BCUT2D eigenvalue weighted by molar-refractivity contribution is 7.44. The first-order chi connectivity index (χ1) is 23.6. The van der Waals surface area contributed by atoms with Crippen LogP contribution in [-0.4, -0.2) is 48.8 Å². The first-order valence-electron chi connectivity index (χ1n) is 16.1. The van der Waals surface area contributed by atoms with E-state index < -0.39 is 25.3 Å². The van der Waals surface area contributed by atoms with Crippen LogP contribution in [0.15, 0.2) is 97.1 Å². The van der Waals surface area contributed by atoms with Crippen LogP contribution in [0.2, 0.25) is 0 Å². The minimum Gasteiger partial charge on any atom is -0.492 e. The third-order valence-electron chi connectivity index (χ3n) is 7.89. The molecule has 0 aromatic heterocycles. The molecular weight excluding hydrogens is 641 g/mol. The molecule has 0 saturated heterocycles. The summed E-state index contributed by atoms with van der Waals surface area (Å²) in [4.78, 5) is 11.6. The summed E-state index contributed by atoms with van der Waals surface area (Å²) in [5.74, 6) is 0.659. The molecule has 0 aliphatic carbocycles. The van der Waals surface area contributed by atoms with Crippen molar-refractivity contribution in [1.82, 2.24) is 4.67 Å². The smallest absolute Gasteiger partial charge is 0.277 e. The summed E-state index contributed by atoms with van der Waals surface area (Å²) in [7, 11) is 1.41. The van der Waals surface area contributed by atoms with Crippen LogP contribution in [0.5, 0.6) is 11.5 Å². The highest BCUT2D eigenvalue weighted by atomic mass is 31.2. The van der Waals surface area contributed by atoms with E-state index in [4.69, 9.17) is 23.3 Å². The first-order valence-corrected chi connectivity index (χ1v) is 17.3. The van der Waals surface area contributed by atoms with Crippen LogP contribution in [0.1, 0.15) is 57.7 Å². The third kappa shape index (κ3) is 8.27. The van der Waals surface area contributed by atoms with Crippen LogP contribution in [0, 0.1) is 21.4 Å². The molecule has 258 valence electrons. The molecule has 0 aliphatic rings. The molecule has 10 nitrogen and oxygen atoms in total. The zero-order valence-electron chi connectivity index (χ0n) is 29.0. The standard InChI is InChI=1S/C38H44N3O7P/c1-27(2)40(28(3)4)49(46-26-16-25-39)48-29(5)47-38(30-17-10-8-11-18-30,31-19-12-9-13-20-31)34-24-23-33(36(44-6)37(34)45-7)32-21-14-15-22-35(32)41(42)43/h8-15,17-24,27-29H,16,26H2,1-7H3. The number of rotatable bonds is 17. The Morgan fingerprint density at radius 2 is 1.35 bits per heavy atom. The van der Waals surface area contributed by atoms with Gasteiger partial charge in [-0.3, -0.25) is 14.6 Å². The molecule has 4 rings (SSSR count). The summed E-state index contributed by atoms with van der Waals surface area (Å²) in [6.45, 7) is 10.3. The summed E-state index contributed by atoms with van der Waals surface area (Å²) >= 11 is 0. The van der Waals surface area contributed by atoms with Gasteiger partial charge in [-0.05, 0) is 57.9 Å². The van der Waals surface area contributed by atoms with E-state index in [1.165, 1.54) is 20.3 Å². The van der Waals surface area contributed by atoms with Crippen LogP contribution in [0.3, 0.4) is 0 Å². The van der Waals surface area contributed by atoms with Gasteiger partial charge in [0.05, 0.1) is 43.8 Å². The summed E-state index contributed by atoms with van der Waals surface area (Å²) in [6.07, 6.45) is -0.623. The molecule has 0 fully saturated rings. The number of benzene rings is 4. The van der Waals surface area contributed by atoms with Crippen molar-refractivity contribution < 1.29 is 28.2 Å².